The van der Waals surface area contributed by atoms with Gasteiger partial charge in [0.2, 0.25) is 5.89 Å². The summed E-state index contributed by atoms with van der Waals surface area (Å²) >= 11 is 0. The number of nitrogens with zero attached hydrogens (tertiary/aromatic N) is 1. The predicted octanol–water partition coefficient (Wildman–Crippen LogP) is 3.10. The molecule has 0 radical (unpaired) electrons. The molecule has 2 aromatic rings. The molecule has 0 aliphatic heterocycles. The van der Waals surface area contributed by atoms with Gasteiger partial charge < -0.3 is 9.73 Å². The van der Waals surface area contributed by atoms with Crippen LogP contribution in [0.15, 0.2) is 34.9 Å². The van der Waals surface area contributed by atoms with E-state index in [1.54, 1.807) is 18.3 Å². The summed E-state index contributed by atoms with van der Waals surface area (Å²) in [5.41, 5.74) is 0.988. The highest BCUT2D eigenvalue weighted by molar-refractivity contribution is 5.17. The number of benzene rings is 1. The fourth-order valence-corrected chi connectivity index (χ4v) is 1.94. The van der Waals surface area contributed by atoms with Gasteiger partial charge in [0.15, 0.2) is 0 Å². The third-order valence-corrected chi connectivity index (χ3v) is 2.98. The van der Waals surface area contributed by atoms with Crippen molar-refractivity contribution in [2.75, 3.05) is 0 Å². The van der Waals surface area contributed by atoms with Gasteiger partial charge in [0, 0.05) is 12.5 Å². The molecule has 3 nitrogen and oxygen atoms in total. The maximum atomic E-state index is 13.1. The predicted molar refractivity (Wildman–Crippen MR) is 72.3 cm³/mol. The first-order chi connectivity index (χ1) is 9.17. The Hall–Kier alpha value is -1.68. The second-order valence-corrected chi connectivity index (χ2v) is 4.69. The summed E-state index contributed by atoms with van der Waals surface area (Å²) in [5, 5.41) is 3.33. The van der Waals surface area contributed by atoms with Gasteiger partial charge in [0.05, 0.1) is 12.7 Å². The second-order valence-electron chi connectivity index (χ2n) is 4.69. The van der Waals surface area contributed by atoms with Crippen LogP contribution in [0.4, 0.5) is 4.39 Å². The molecule has 1 unspecified atom stereocenters. The summed E-state index contributed by atoms with van der Waals surface area (Å²) in [6.45, 7) is 4.69. The summed E-state index contributed by atoms with van der Waals surface area (Å²) in [5.74, 6) is 1.41. The minimum atomic E-state index is -0.190. The summed E-state index contributed by atoms with van der Waals surface area (Å²) in [4.78, 5) is 4.19. The third-order valence-electron chi connectivity index (χ3n) is 2.98. The van der Waals surface area contributed by atoms with Crippen LogP contribution in [0.5, 0.6) is 0 Å². The maximum absolute atomic E-state index is 13.1. The molecule has 0 fully saturated rings. The molecular formula is C15H19FN2O. The van der Waals surface area contributed by atoms with Gasteiger partial charge in [-0.3, -0.25) is 0 Å². The first-order valence-corrected chi connectivity index (χ1v) is 6.58. The van der Waals surface area contributed by atoms with E-state index >= 15 is 0 Å². The fraction of sp³-hybridized carbons (Fsp3) is 0.400. The number of hydrogen-bond acceptors (Lipinski definition) is 3. The Kier molecular flexibility index (Phi) is 4.68. The van der Waals surface area contributed by atoms with Crippen molar-refractivity contribution in [3.8, 4) is 0 Å². The van der Waals surface area contributed by atoms with Crippen molar-refractivity contribution in [1.82, 2.24) is 10.3 Å². The Labute approximate surface area is 112 Å². The number of oxazole rings is 1. The molecule has 1 aromatic carbocycles. The highest BCUT2D eigenvalue weighted by Crippen LogP contribution is 2.08. The minimum absolute atomic E-state index is 0.190. The van der Waals surface area contributed by atoms with Crippen molar-refractivity contribution in [2.24, 2.45) is 0 Å². The van der Waals surface area contributed by atoms with Crippen molar-refractivity contribution in [3.05, 3.63) is 53.5 Å². The Bertz CT molecular complexity index is 524. The van der Waals surface area contributed by atoms with E-state index in [0.29, 0.717) is 12.4 Å². The molecule has 2 rings (SSSR count). The average molecular weight is 262 g/mol. The van der Waals surface area contributed by atoms with Crippen LogP contribution in [0.1, 0.15) is 31.1 Å². The lowest BCUT2D eigenvalue weighted by atomic mass is 10.1. The molecule has 0 saturated heterocycles. The number of aromatic nitrogens is 1. The van der Waals surface area contributed by atoms with E-state index in [1.807, 2.05) is 13.0 Å². The van der Waals surface area contributed by atoms with Gasteiger partial charge in [0.25, 0.3) is 0 Å². The van der Waals surface area contributed by atoms with Gasteiger partial charge in [-0.05, 0) is 31.0 Å². The van der Waals surface area contributed by atoms with Crippen molar-refractivity contribution in [3.63, 3.8) is 0 Å². The fourth-order valence-electron chi connectivity index (χ4n) is 1.94. The van der Waals surface area contributed by atoms with Gasteiger partial charge in [-0.15, -0.1) is 0 Å². The first-order valence-electron chi connectivity index (χ1n) is 6.58. The largest absolute Gasteiger partial charge is 0.444 e. The molecule has 1 heterocycles. The van der Waals surface area contributed by atoms with E-state index in [1.165, 1.54) is 6.07 Å². The molecule has 4 heteroatoms. The van der Waals surface area contributed by atoms with Crippen LogP contribution in [0, 0.1) is 5.82 Å². The standard InChI is InChI=1S/C15H19FN2O/c1-3-14-9-18-15(19-14)10-17-11(2)7-12-5-4-6-13(16)8-12/h4-6,8-9,11,17H,3,7,10H2,1-2H3. The van der Waals surface area contributed by atoms with Crippen LogP contribution >= 0.6 is 0 Å². The molecule has 0 bridgehead atoms. The van der Waals surface area contributed by atoms with Crippen LogP contribution in [-0.4, -0.2) is 11.0 Å². The number of aryl methyl sites for hydroxylation is 1. The van der Waals surface area contributed by atoms with Crippen molar-refractivity contribution in [2.45, 2.75) is 39.3 Å². The zero-order chi connectivity index (χ0) is 13.7. The van der Waals surface area contributed by atoms with Crippen LogP contribution < -0.4 is 5.32 Å². The normalized spacial score (nSPS) is 12.6. The molecule has 1 aromatic heterocycles. The molecule has 0 spiro atoms. The van der Waals surface area contributed by atoms with E-state index in [-0.39, 0.29) is 11.9 Å². The van der Waals surface area contributed by atoms with E-state index in [0.717, 1.165) is 24.2 Å². The van der Waals surface area contributed by atoms with Gasteiger partial charge >= 0.3 is 0 Å². The molecule has 102 valence electrons. The monoisotopic (exact) mass is 262 g/mol. The summed E-state index contributed by atoms with van der Waals surface area (Å²) in [6, 6.07) is 6.93. The van der Waals surface area contributed by atoms with Crippen LogP contribution in [0.2, 0.25) is 0 Å². The topological polar surface area (TPSA) is 38.1 Å². The van der Waals surface area contributed by atoms with Crippen molar-refractivity contribution < 1.29 is 8.81 Å². The Balaban J connectivity index is 1.82. The van der Waals surface area contributed by atoms with Crippen molar-refractivity contribution in [1.29, 1.82) is 0 Å². The summed E-state index contributed by atoms with van der Waals surface area (Å²) in [7, 11) is 0. The van der Waals surface area contributed by atoms with E-state index < -0.39 is 0 Å². The lowest BCUT2D eigenvalue weighted by molar-refractivity contribution is 0.420. The van der Waals surface area contributed by atoms with E-state index in [4.69, 9.17) is 4.42 Å². The second kappa shape index (κ2) is 6.48. The van der Waals surface area contributed by atoms with Gasteiger partial charge in [-0.1, -0.05) is 19.1 Å². The van der Waals surface area contributed by atoms with Crippen LogP contribution in [0.3, 0.4) is 0 Å². The van der Waals surface area contributed by atoms with E-state index in [2.05, 4.69) is 17.2 Å². The highest BCUT2D eigenvalue weighted by atomic mass is 19.1. The molecule has 0 aliphatic carbocycles. The van der Waals surface area contributed by atoms with Crippen molar-refractivity contribution >= 4 is 0 Å². The van der Waals surface area contributed by atoms with Crippen LogP contribution in [0.25, 0.3) is 0 Å². The molecular weight excluding hydrogens is 243 g/mol. The Morgan fingerprint density at radius 1 is 1.42 bits per heavy atom. The molecule has 0 saturated carbocycles. The number of halogens is 1. The SMILES string of the molecule is CCc1cnc(CNC(C)Cc2cccc(F)c2)o1. The minimum Gasteiger partial charge on any atom is -0.444 e. The van der Waals surface area contributed by atoms with E-state index in [9.17, 15) is 4.39 Å². The zero-order valence-electron chi connectivity index (χ0n) is 11.3. The number of hydrogen-bond donors (Lipinski definition) is 1. The van der Waals surface area contributed by atoms with Gasteiger partial charge in [-0.2, -0.15) is 0 Å². The van der Waals surface area contributed by atoms with Crippen LogP contribution in [-0.2, 0) is 19.4 Å². The smallest absolute Gasteiger partial charge is 0.208 e. The zero-order valence-corrected chi connectivity index (χ0v) is 11.3. The first kappa shape index (κ1) is 13.7. The number of nitrogens with one attached hydrogen (secondary N) is 1. The molecule has 19 heavy (non-hydrogen) atoms. The quantitative estimate of drug-likeness (QED) is 0.869. The summed E-state index contributed by atoms with van der Waals surface area (Å²) in [6.07, 6.45) is 3.39. The molecule has 1 atom stereocenters. The van der Waals surface area contributed by atoms with Gasteiger partial charge in [-0.25, -0.2) is 9.37 Å². The van der Waals surface area contributed by atoms with Gasteiger partial charge in [0.1, 0.15) is 11.6 Å². The average Bonchev–Trinajstić information content (AvgIpc) is 2.84. The molecule has 0 amide bonds. The number of rotatable bonds is 6. The molecule has 0 aliphatic rings. The third kappa shape index (κ3) is 4.17. The highest BCUT2D eigenvalue weighted by Gasteiger charge is 2.07. The lowest BCUT2D eigenvalue weighted by Gasteiger charge is -2.12. The Morgan fingerprint density at radius 3 is 2.95 bits per heavy atom. The summed E-state index contributed by atoms with van der Waals surface area (Å²) < 4.78 is 18.6. The molecule has 1 N–H and O–H groups in total. The lowest BCUT2D eigenvalue weighted by Crippen LogP contribution is -2.27. The maximum Gasteiger partial charge on any atom is 0.208 e. The Morgan fingerprint density at radius 2 is 2.26 bits per heavy atom.